The molecule has 0 radical (unpaired) electrons. The number of piperazine rings is 1. The number of carbonyl (C=O) groups is 1. The van der Waals surface area contributed by atoms with Gasteiger partial charge in [0.15, 0.2) is 0 Å². The van der Waals surface area contributed by atoms with Gasteiger partial charge >= 0.3 is 0 Å². The van der Waals surface area contributed by atoms with Crippen molar-refractivity contribution in [2.24, 2.45) is 0 Å². The molecule has 1 aromatic heterocycles. The molecule has 0 atom stereocenters. The predicted octanol–water partition coefficient (Wildman–Crippen LogP) is 4.63. The van der Waals surface area contributed by atoms with E-state index in [0.717, 1.165) is 51.5 Å². The normalized spacial score (nSPS) is 17.9. The molecular weight excluding hydrogens is 446 g/mol. The number of rotatable bonds is 7. The van der Waals surface area contributed by atoms with Crippen LogP contribution in [0.25, 0.3) is 6.08 Å². The van der Waals surface area contributed by atoms with Crippen LogP contribution in [0.4, 0.5) is 11.4 Å². The zero-order valence-corrected chi connectivity index (χ0v) is 20.8. The first-order valence-corrected chi connectivity index (χ1v) is 13.0. The lowest BCUT2D eigenvalue weighted by molar-refractivity contribution is 0.0911. The molecule has 0 spiro atoms. The van der Waals surface area contributed by atoms with Gasteiger partial charge in [0.25, 0.3) is 5.91 Å². The van der Waals surface area contributed by atoms with Crippen LogP contribution in [0.5, 0.6) is 0 Å². The van der Waals surface area contributed by atoms with E-state index in [1.807, 2.05) is 12.1 Å². The van der Waals surface area contributed by atoms with Gasteiger partial charge in [-0.15, -0.1) is 0 Å². The number of carbonyl (C=O) groups excluding carboxylic acids is 1. The second-order valence-corrected chi connectivity index (χ2v) is 9.61. The summed E-state index contributed by atoms with van der Waals surface area (Å²) in [4.78, 5) is 24.2. The van der Waals surface area contributed by atoms with Crippen molar-refractivity contribution in [1.29, 1.82) is 0 Å². The van der Waals surface area contributed by atoms with Crippen molar-refractivity contribution in [1.82, 2.24) is 14.8 Å². The lowest BCUT2D eigenvalue weighted by Gasteiger charge is -2.43. The second kappa shape index (κ2) is 12.0. The van der Waals surface area contributed by atoms with Gasteiger partial charge in [-0.2, -0.15) is 0 Å². The van der Waals surface area contributed by atoms with E-state index < -0.39 is 0 Å². The summed E-state index contributed by atoms with van der Waals surface area (Å²) in [6.45, 7) is 7.69. The average molecular weight is 482 g/mol. The number of aromatic nitrogens is 1. The standard InChI is InChI=1S/C30H35N5O/c36-30(26-10-5-15-31-24-26)32-27-11-4-12-29(23-27)34-17-13-28(14-18-34)35-21-19-33(20-22-35)16-6-9-25-7-2-1-3-8-25/h1-12,15,23-24,28H,13-14,16-22H2,(H,32,36)/b9-6+. The SMILES string of the molecule is O=C(Nc1cccc(N2CCC(N3CCN(C/C=C/c4ccccc4)CC3)CC2)c1)c1cccnc1. The molecule has 3 aromatic rings. The first kappa shape index (κ1) is 24.2. The first-order valence-electron chi connectivity index (χ1n) is 13.0. The highest BCUT2D eigenvalue weighted by molar-refractivity contribution is 6.04. The molecule has 2 saturated heterocycles. The number of hydrogen-bond acceptors (Lipinski definition) is 5. The van der Waals surface area contributed by atoms with E-state index in [-0.39, 0.29) is 5.91 Å². The summed E-state index contributed by atoms with van der Waals surface area (Å²) >= 11 is 0. The van der Waals surface area contributed by atoms with Crippen LogP contribution in [0, 0.1) is 0 Å². The smallest absolute Gasteiger partial charge is 0.257 e. The van der Waals surface area contributed by atoms with Gasteiger partial charge in [0, 0.05) is 75.6 Å². The summed E-state index contributed by atoms with van der Waals surface area (Å²) in [5, 5.41) is 3.00. The van der Waals surface area contributed by atoms with Gasteiger partial charge in [0.1, 0.15) is 0 Å². The molecule has 36 heavy (non-hydrogen) atoms. The maximum Gasteiger partial charge on any atom is 0.257 e. The summed E-state index contributed by atoms with van der Waals surface area (Å²) in [6.07, 6.45) is 10.1. The highest BCUT2D eigenvalue weighted by Crippen LogP contribution is 2.26. The minimum atomic E-state index is -0.131. The third-order valence-corrected chi connectivity index (χ3v) is 7.25. The fourth-order valence-corrected chi connectivity index (χ4v) is 5.18. The van der Waals surface area contributed by atoms with Crippen LogP contribution in [-0.2, 0) is 0 Å². The van der Waals surface area contributed by atoms with Gasteiger partial charge in [-0.25, -0.2) is 0 Å². The Morgan fingerprint density at radius 3 is 2.47 bits per heavy atom. The van der Waals surface area contributed by atoms with Gasteiger partial charge in [0.2, 0.25) is 0 Å². The Balaban J connectivity index is 1.07. The molecule has 0 unspecified atom stereocenters. The number of benzene rings is 2. The molecule has 2 fully saturated rings. The molecule has 186 valence electrons. The maximum absolute atomic E-state index is 12.5. The van der Waals surface area contributed by atoms with Crippen LogP contribution >= 0.6 is 0 Å². The van der Waals surface area contributed by atoms with Gasteiger partial charge < -0.3 is 10.2 Å². The van der Waals surface area contributed by atoms with Crippen molar-refractivity contribution in [3.05, 3.63) is 96.3 Å². The van der Waals surface area contributed by atoms with Crippen LogP contribution in [0.2, 0.25) is 0 Å². The Hall–Kier alpha value is -3.48. The topological polar surface area (TPSA) is 51.7 Å². The molecule has 0 saturated carbocycles. The van der Waals surface area contributed by atoms with Crippen molar-refractivity contribution in [2.75, 3.05) is 56.0 Å². The van der Waals surface area contributed by atoms with E-state index in [4.69, 9.17) is 0 Å². The summed E-state index contributed by atoms with van der Waals surface area (Å²) < 4.78 is 0. The number of pyridine rings is 1. The zero-order valence-electron chi connectivity index (χ0n) is 20.8. The van der Waals surface area contributed by atoms with Gasteiger partial charge in [-0.1, -0.05) is 48.6 Å². The highest BCUT2D eigenvalue weighted by atomic mass is 16.1. The summed E-state index contributed by atoms with van der Waals surface area (Å²) in [6, 6.07) is 22.9. The van der Waals surface area contributed by atoms with Gasteiger partial charge in [-0.3, -0.25) is 19.6 Å². The van der Waals surface area contributed by atoms with Crippen molar-refractivity contribution < 1.29 is 4.79 Å². The highest BCUT2D eigenvalue weighted by Gasteiger charge is 2.27. The minimum Gasteiger partial charge on any atom is -0.371 e. The lowest BCUT2D eigenvalue weighted by Crippen LogP contribution is -2.53. The molecule has 1 N–H and O–H groups in total. The molecule has 2 aliphatic heterocycles. The average Bonchev–Trinajstić information content (AvgIpc) is 2.95. The molecule has 5 rings (SSSR count). The monoisotopic (exact) mass is 481 g/mol. The number of hydrogen-bond donors (Lipinski definition) is 1. The predicted molar refractivity (Wildman–Crippen MR) is 147 cm³/mol. The van der Waals surface area contributed by atoms with Crippen LogP contribution in [0.1, 0.15) is 28.8 Å². The zero-order chi connectivity index (χ0) is 24.6. The third-order valence-electron chi connectivity index (χ3n) is 7.25. The van der Waals surface area contributed by atoms with E-state index in [1.165, 1.54) is 24.1 Å². The number of anilines is 2. The molecule has 1 amide bonds. The van der Waals surface area contributed by atoms with Gasteiger partial charge in [-0.05, 0) is 48.7 Å². The fourth-order valence-electron chi connectivity index (χ4n) is 5.18. The van der Waals surface area contributed by atoms with Crippen LogP contribution in [-0.4, -0.2) is 72.5 Å². The Morgan fingerprint density at radius 1 is 0.917 bits per heavy atom. The second-order valence-electron chi connectivity index (χ2n) is 9.61. The maximum atomic E-state index is 12.5. The van der Waals surface area contributed by atoms with Gasteiger partial charge in [0.05, 0.1) is 5.56 Å². The van der Waals surface area contributed by atoms with Crippen LogP contribution in [0.15, 0.2) is 85.2 Å². The Morgan fingerprint density at radius 2 is 1.72 bits per heavy atom. The van der Waals surface area contributed by atoms with E-state index >= 15 is 0 Å². The van der Waals surface area contributed by atoms with Crippen LogP contribution < -0.4 is 10.2 Å². The van der Waals surface area contributed by atoms with Crippen LogP contribution in [0.3, 0.4) is 0 Å². The number of amides is 1. The molecule has 2 aromatic carbocycles. The first-order chi connectivity index (χ1) is 17.7. The molecule has 0 aliphatic carbocycles. The van der Waals surface area contributed by atoms with E-state index in [2.05, 4.69) is 79.6 Å². The number of nitrogens with zero attached hydrogens (tertiary/aromatic N) is 4. The molecule has 0 bridgehead atoms. The largest absolute Gasteiger partial charge is 0.371 e. The quantitative estimate of drug-likeness (QED) is 0.533. The Bertz CT molecular complexity index is 1130. The van der Waals surface area contributed by atoms with E-state index in [9.17, 15) is 4.79 Å². The molecule has 2 aliphatic rings. The summed E-state index contributed by atoms with van der Waals surface area (Å²) in [5.41, 5.74) is 3.83. The van der Waals surface area contributed by atoms with E-state index in [1.54, 1.807) is 24.5 Å². The van der Waals surface area contributed by atoms with Crippen molar-refractivity contribution >= 4 is 23.4 Å². The number of nitrogens with one attached hydrogen (secondary N) is 1. The molecule has 6 nitrogen and oxygen atoms in total. The van der Waals surface area contributed by atoms with Crippen molar-refractivity contribution in [2.45, 2.75) is 18.9 Å². The van der Waals surface area contributed by atoms with Crippen molar-refractivity contribution in [3.63, 3.8) is 0 Å². The summed E-state index contributed by atoms with van der Waals surface area (Å²) in [5.74, 6) is -0.131. The third kappa shape index (κ3) is 6.39. The molecule has 6 heteroatoms. The molecule has 3 heterocycles. The van der Waals surface area contributed by atoms with Crippen molar-refractivity contribution in [3.8, 4) is 0 Å². The fraction of sp³-hybridized carbons (Fsp3) is 0.333. The minimum absolute atomic E-state index is 0.131. The number of piperidine rings is 1. The Labute approximate surface area is 214 Å². The Kier molecular flexibility index (Phi) is 8.06. The summed E-state index contributed by atoms with van der Waals surface area (Å²) in [7, 11) is 0. The lowest BCUT2D eigenvalue weighted by atomic mass is 10.0. The molecular formula is C30H35N5O. The van der Waals surface area contributed by atoms with E-state index in [0.29, 0.717) is 11.6 Å².